The highest BCUT2D eigenvalue weighted by Crippen LogP contribution is 2.36. The maximum atomic E-state index is 13.7. The molecule has 0 aliphatic carbocycles. The number of hydrogen-bond donors (Lipinski definition) is 1. The second-order valence-electron chi connectivity index (χ2n) is 5.76. The number of anilines is 2. The smallest absolute Gasteiger partial charge is 0.281 e. The first kappa shape index (κ1) is 16.1. The maximum Gasteiger partial charge on any atom is 0.281 e. The van der Waals surface area contributed by atoms with Crippen LogP contribution in [0.3, 0.4) is 0 Å². The fourth-order valence-corrected chi connectivity index (χ4v) is 2.70. The molecule has 2 amide bonds. The van der Waals surface area contributed by atoms with Gasteiger partial charge in [-0.2, -0.15) is 0 Å². The Kier molecular flexibility index (Phi) is 3.61. The van der Waals surface area contributed by atoms with Gasteiger partial charge in [0.1, 0.15) is 17.3 Å². The van der Waals surface area contributed by atoms with E-state index >= 15 is 0 Å². The van der Waals surface area contributed by atoms with Gasteiger partial charge in [0.25, 0.3) is 11.8 Å². The summed E-state index contributed by atoms with van der Waals surface area (Å²) in [5.41, 5.74) is 0.125. The standard InChI is InChI=1S/C18H12F2N2O4/c1-9-12(19)4-10(5-13(9)20)21-14-7-17(23)22(18(14)24)11-2-3-15-16(6-11)26-8-25-15/h2-7,21H,8H2,1H3. The van der Waals surface area contributed by atoms with Gasteiger partial charge in [-0.3, -0.25) is 9.59 Å². The summed E-state index contributed by atoms with van der Waals surface area (Å²) in [7, 11) is 0. The zero-order chi connectivity index (χ0) is 18.4. The van der Waals surface area contributed by atoms with Gasteiger partial charge in [0.05, 0.1) is 5.69 Å². The van der Waals surface area contributed by atoms with Crippen molar-refractivity contribution < 1.29 is 27.8 Å². The Labute approximate surface area is 146 Å². The molecule has 2 aromatic carbocycles. The molecule has 4 rings (SSSR count). The van der Waals surface area contributed by atoms with Crippen LogP contribution in [0.2, 0.25) is 0 Å². The van der Waals surface area contributed by atoms with Crippen LogP contribution in [0.5, 0.6) is 11.5 Å². The van der Waals surface area contributed by atoms with Crippen LogP contribution in [-0.2, 0) is 9.59 Å². The number of amides is 2. The summed E-state index contributed by atoms with van der Waals surface area (Å²) in [6.07, 6.45) is 1.07. The van der Waals surface area contributed by atoms with Gasteiger partial charge in [0.15, 0.2) is 11.5 Å². The van der Waals surface area contributed by atoms with Gasteiger partial charge in [0.2, 0.25) is 6.79 Å². The molecule has 6 nitrogen and oxygen atoms in total. The van der Waals surface area contributed by atoms with Gasteiger partial charge in [-0.05, 0) is 31.2 Å². The third kappa shape index (κ3) is 2.55. The van der Waals surface area contributed by atoms with E-state index in [0.717, 1.165) is 23.1 Å². The third-order valence-electron chi connectivity index (χ3n) is 4.10. The van der Waals surface area contributed by atoms with Crippen molar-refractivity contribution in [2.24, 2.45) is 0 Å². The van der Waals surface area contributed by atoms with Crippen molar-refractivity contribution in [2.75, 3.05) is 17.0 Å². The van der Waals surface area contributed by atoms with Crippen LogP contribution in [0.4, 0.5) is 20.2 Å². The Morgan fingerprint density at radius 3 is 2.46 bits per heavy atom. The van der Waals surface area contributed by atoms with Crippen LogP contribution >= 0.6 is 0 Å². The van der Waals surface area contributed by atoms with Crippen LogP contribution in [0.15, 0.2) is 42.1 Å². The quantitative estimate of drug-likeness (QED) is 0.855. The van der Waals surface area contributed by atoms with E-state index in [1.54, 1.807) is 12.1 Å². The number of imide groups is 1. The molecule has 0 fully saturated rings. The minimum absolute atomic E-state index is 0.0329. The molecule has 0 aromatic heterocycles. The van der Waals surface area contributed by atoms with Gasteiger partial charge in [-0.15, -0.1) is 0 Å². The van der Waals surface area contributed by atoms with Crippen molar-refractivity contribution in [3.8, 4) is 11.5 Å². The number of nitrogens with zero attached hydrogens (tertiary/aromatic N) is 1. The van der Waals surface area contributed by atoms with E-state index in [2.05, 4.69) is 5.32 Å². The topological polar surface area (TPSA) is 67.9 Å². The van der Waals surface area contributed by atoms with Crippen LogP contribution in [0.1, 0.15) is 5.56 Å². The average Bonchev–Trinajstić information content (AvgIpc) is 3.16. The van der Waals surface area contributed by atoms with E-state index in [-0.39, 0.29) is 23.7 Å². The van der Waals surface area contributed by atoms with Crippen LogP contribution < -0.4 is 19.7 Å². The first-order chi connectivity index (χ1) is 12.4. The number of benzene rings is 2. The predicted octanol–water partition coefficient (Wildman–Crippen LogP) is 2.87. The van der Waals surface area contributed by atoms with E-state index in [0.29, 0.717) is 17.2 Å². The lowest BCUT2D eigenvalue weighted by atomic mass is 10.2. The van der Waals surface area contributed by atoms with Gasteiger partial charge in [0, 0.05) is 23.4 Å². The van der Waals surface area contributed by atoms with Crippen molar-refractivity contribution >= 4 is 23.2 Å². The average molecular weight is 358 g/mol. The fraction of sp³-hybridized carbons (Fsp3) is 0.111. The number of nitrogens with one attached hydrogen (secondary N) is 1. The summed E-state index contributed by atoms with van der Waals surface area (Å²) >= 11 is 0. The lowest BCUT2D eigenvalue weighted by Crippen LogP contribution is -2.31. The summed E-state index contributed by atoms with van der Waals surface area (Å²) < 4.78 is 37.8. The molecule has 8 heteroatoms. The summed E-state index contributed by atoms with van der Waals surface area (Å²) in [6, 6.07) is 6.76. The Morgan fingerprint density at radius 2 is 1.73 bits per heavy atom. The summed E-state index contributed by atoms with van der Waals surface area (Å²) in [4.78, 5) is 25.8. The number of carbonyl (C=O) groups is 2. The first-order valence-electron chi connectivity index (χ1n) is 7.66. The molecule has 0 saturated heterocycles. The zero-order valence-electron chi connectivity index (χ0n) is 13.5. The molecule has 2 heterocycles. The number of hydrogen-bond acceptors (Lipinski definition) is 5. The minimum Gasteiger partial charge on any atom is -0.454 e. The molecule has 0 saturated carbocycles. The highest BCUT2D eigenvalue weighted by molar-refractivity contribution is 6.31. The summed E-state index contributed by atoms with van der Waals surface area (Å²) in [6.45, 7) is 1.37. The van der Waals surface area contributed by atoms with Crippen molar-refractivity contribution in [3.05, 3.63) is 59.3 Å². The Balaban J connectivity index is 1.60. The summed E-state index contributed by atoms with van der Waals surface area (Å²) in [5, 5.41) is 2.60. The molecule has 0 unspecified atom stereocenters. The SMILES string of the molecule is Cc1c(F)cc(NC2=CC(=O)N(c3ccc4c(c3)OCO4)C2=O)cc1F. The predicted molar refractivity (Wildman–Crippen MR) is 87.9 cm³/mol. The number of halogens is 2. The molecule has 0 radical (unpaired) electrons. The number of fused-ring (bicyclic) bond motifs is 1. The van der Waals surface area contributed by atoms with E-state index in [1.807, 2.05) is 0 Å². The first-order valence-corrected chi connectivity index (χ1v) is 7.66. The van der Waals surface area contributed by atoms with Gasteiger partial charge >= 0.3 is 0 Å². The fourth-order valence-electron chi connectivity index (χ4n) is 2.70. The largest absolute Gasteiger partial charge is 0.454 e. The highest BCUT2D eigenvalue weighted by atomic mass is 19.1. The Bertz CT molecular complexity index is 964. The number of rotatable bonds is 3. The van der Waals surface area contributed by atoms with E-state index in [4.69, 9.17) is 9.47 Å². The zero-order valence-corrected chi connectivity index (χ0v) is 13.5. The molecule has 2 aromatic rings. The van der Waals surface area contributed by atoms with Crippen molar-refractivity contribution in [3.63, 3.8) is 0 Å². The molecule has 1 N–H and O–H groups in total. The Hall–Kier alpha value is -3.42. The van der Waals surface area contributed by atoms with Crippen molar-refractivity contribution in [2.45, 2.75) is 6.92 Å². The highest BCUT2D eigenvalue weighted by Gasteiger charge is 2.33. The van der Waals surface area contributed by atoms with E-state index < -0.39 is 23.4 Å². The molecule has 2 aliphatic rings. The lowest BCUT2D eigenvalue weighted by molar-refractivity contribution is -0.120. The molecule has 0 bridgehead atoms. The second kappa shape index (κ2) is 5.83. The van der Waals surface area contributed by atoms with Gasteiger partial charge in [-0.25, -0.2) is 13.7 Å². The minimum atomic E-state index is -0.752. The maximum absolute atomic E-state index is 13.7. The van der Waals surface area contributed by atoms with E-state index in [1.165, 1.54) is 13.0 Å². The number of ether oxygens (including phenoxy) is 2. The monoisotopic (exact) mass is 358 g/mol. The van der Waals surface area contributed by atoms with Crippen molar-refractivity contribution in [1.82, 2.24) is 0 Å². The number of carbonyl (C=O) groups excluding carboxylic acids is 2. The summed E-state index contributed by atoms with van der Waals surface area (Å²) in [5.74, 6) is -1.79. The van der Waals surface area contributed by atoms with Crippen LogP contribution in [0.25, 0.3) is 0 Å². The lowest BCUT2D eigenvalue weighted by Gasteiger charge is -2.16. The normalized spacial score (nSPS) is 15.5. The molecule has 132 valence electrons. The molecule has 0 atom stereocenters. The molecular formula is C18H12F2N2O4. The Morgan fingerprint density at radius 1 is 1.04 bits per heavy atom. The van der Waals surface area contributed by atoms with Gasteiger partial charge < -0.3 is 14.8 Å². The van der Waals surface area contributed by atoms with E-state index in [9.17, 15) is 18.4 Å². The second-order valence-corrected chi connectivity index (χ2v) is 5.76. The van der Waals surface area contributed by atoms with Crippen LogP contribution in [-0.4, -0.2) is 18.6 Å². The molecule has 0 spiro atoms. The third-order valence-corrected chi connectivity index (χ3v) is 4.10. The molecular weight excluding hydrogens is 346 g/mol. The van der Waals surface area contributed by atoms with Crippen molar-refractivity contribution in [1.29, 1.82) is 0 Å². The molecule has 2 aliphatic heterocycles. The van der Waals surface area contributed by atoms with Crippen LogP contribution in [0, 0.1) is 18.6 Å². The van der Waals surface area contributed by atoms with Gasteiger partial charge in [-0.1, -0.05) is 0 Å². The molecule has 26 heavy (non-hydrogen) atoms.